The van der Waals surface area contributed by atoms with E-state index in [0.29, 0.717) is 82.8 Å². The number of carbonyl (C=O) groups excluding carboxylic acids is 4. The predicted octanol–water partition coefficient (Wildman–Crippen LogP) is 9.45. The van der Waals surface area contributed by atoms with Crippen molar-refractivity contribution in [3.63, 3.8) is 0 Å². The summed E-state index contributed by atoms with van der Waals surface area (Å²) in [5, 5.41) is 27.8. The number of imidazole rings is 2. The molecule has 0 bridgehead atoms. The van der Waals surface area contributed by atoms with Gasteiger partial charge in [0.25, 0.3) is 11.1 Å². The number of aromatic nitrogens is 12. The van der Waals surface area contributed by atoms with Gasteiger partial charge in [-0.1, -0.05) is 107 Å². The molecule has 12 aromatic rings. The number of fused-ring (bicyclic) bond motifs is 2. The lowest BCUT2D eigenvalue weighted by Gasteiger charge is -2.18. The number of nitrogens with zero attached hydrogens (tertiary/aromatic N) is 14. The molecule has 6 heterocycles. The van der Waals surface area contributed by atoms with E-state index in [4.69, 9.17) is 24.2 Å². The van der Waals surface area contributed by atoms with Gasteiger partial charge in [-0.15, -0.1) is 10.2 Å². The molecule has 0 fully saturated rings. The predicted molar refractivity (Wildman–Crippen MR) is 378 cm³/mol. The fourth-order valence-electron chi connectivity index (χ4n) is 11.9. The van der Waals surface area contributed by atoms with Crippen LogP contribution in [0.1, 0.15) is 79.6 Å². The number of esters is 2. The Balaban J connectivity index is 0.625. The summed E-state index contributed by atoms with van der Waals surface area (Å²) in [6.45, 7) is 4.85. The number of nitrogens with one attached hydrogen (secondary N) is 4. The molecule has 4 N–H and O–H groups in total. The zero-order valence-corrected chi connectivity index (χ0v) is 57.5. The second kappa shape index (κ2) is 33.1. The van der Waals surface area contributed by atoms with Crippen molar-refractivity contribution >= 4 is 46.9 Å². The Labute approximate surface area is 597 Å². The zero-order valence-electron chi connectivity index (χ0n) is 57.5. The number of ether oxygens (including phenoxy) is 3. The van der Waals surface area contributed by atoms with Crippen molar-refractivity contribution in [2.75, 3.05) is 51.2 Å². The second-order valence-corrected chi connectivity index (χ2v) is 24.5. The minimum atomic E-state index is -0.912. The normalized spacial score (nSPS) is 11.4. The third-order valence-electron chi connectivity index (χ3n) is 16.9. The number of urea groups is 2. The summed E-state index contributed by atoms with van der Waals surface area (Å²) in [5.41, 5.74) is 3.54. The summed E-state index contributed by atoms with van der Waals surface area (Å²) < 4.78 is 85.4. The van der Waals surface area contributed by atoms with Crippen molar-refractivity contribution in [1.29, 1.82) is 0 Å². The molecule has 12 rings (SSSR count). The maximum absolute atomic E-state index is 15.2. The van der Waals surface area contributed by atoms with Crippen molar-refractivity contribution < 1.29 is 51.0 Å². The molecule has 105 heavy (non-hydrogen) atoms. The first-order chi connectivity index (χ1) is 50.9. The molecule has 0 atom stereocenters. The van der Waals surface area contributed by atoms with Crippen LogP contribution in [0.2, 0.25) is 0 Å². The molecule has 0 aliphatic carbocycles. The monoisotopic (exact) mass is 1430 g/mol. The van der Waals surface area contributed by atoms with E-state index in [1.54, 1.807) is 84.1 Å². The maximum atomic E-state index is 15.2. The van der Waals surface area contributed by atoms with Gasteiger partial charge < -0.3 is 44.6 Å². The smallest absolute Gasteiger partial charge is 0.345 e. The lowest BCUT2D eigenvalue weighted by molar-refractivity contribution is 0.0513. The van der Waals surface area contributed by atoms with E-state index < -0.39 is 71.5 Å². The molecule has 0 aliphatic rings. The highest BCUT2D eigenvalue weighted by atomic mass is 19.1. The SMILES string of the molecule is CCOC(=O)c1cn(Cc2c(F)cccc2F)c2nc(-c3ccc(NC(=O)NCc4cn(CCOCCn5cc(CNC(=O)Nc6ccc(-c7nc8n(Cc9c(F)cccc9F)cc(C(=O)OCC)c(=O)n8c7CN(C)Cc7ccccc7)cc6)nn5)nn4)cc3)c(CN(C)Cc3ccccc3)n2c1=O. The number of hydrogen-bond donors (Lipinski definition) is 4. The molecule has 31 heteroatoms. The molecule has 6 aromatic heterocycles. The van der Waals surface area contributed by atoms with Gasteiger partial charge in [0.15, 0.2) is 0 Å². The Morgan fingerprint density at radius 1 is 0.476 bits per heavy atom. The van der Waals surface area contributed by atoms with Crippen LogP contribution >= 0.6 is 0 Å². The van der Waals surface area contributed by atoms with Gasteiger partial charge in [0.1, 0.15) is 45.8 Å². The van der Waals surface area contributed by atoms with Crippen LogP contribution in [0.5, 0.6) is 0 Å². The van der Waals surface area contributed by atoms with E-state index in [-0.39, 0.29) is 86.4 Å². The largest absolute Gasteiger partial charge is 0.462 e. The summed E-state index contributed by atoms with van der Waals surface area (Å²) in [6.07, 6.45) is 5.75. The number of benzene rings is 6. The van der Waals surface area contributed by atoms with Gasteiger partial charge in [-0.3, -0.25) is 19.4 Å². The van der Waals surface area contributed by atoms with Crippen LogP contribution in [0.25, 0.3) is 34.1 Å². The fraction of sp³-hybridized carbons (Fsp3) is 0.243. The Morgan fingerprint density at radius 3 is 1.23 bits per heavy atom. The van der Waals surface area contributed by atoms with E-state index in [0.717, 1.165) is 35.4 Å². The van der Waals surface area contributed by atoms with E-state index in [1.807, 2.05) is 84.6 Å². The molecule has 0 radical (unpaired) electrons. The molecule has 0 saturated carbocycles. The highest BCUT2D eigenvalue weighted by Crippen LogP contribution is 2.31. The second-order valence-electron chi connectivity index (χ2n) is 24.5. The van der Waals surface area contributed by atoms with Gasteiger partial charge in [0, 0.05) is 72.2 Å². The third-order valence-corrected chi connectivity index (χ3v) is 16.9. The van der Waals surface area contributed by atoms with E-state index >= 15 is 17.6 Å². The Morgan fingerprint density at radius 2 is 0.857 bits per heavy atom. The minimum absolute atomic E-state index is 0.0245. The molecule has 0 saturated heterocycles. The summed E-state index contributed by atoms with van der Waals surface area (Å²) in [7, 11) is 3.72. The topological polar surface area (TPSA) is 291 Å². The highest BCUT2D eigenvalue weighted by Gasteiger charge is 2.28. The quantitative estimate of drug-likeness (QED) is 0.0185. The standard InChI is InChI=1S/C74H72F4N18O9/c1-5-104-69(99)57-43-91(41-55-59(75)19-13-20-60(55)76)73-83-65(63(95(73)67(57)97)45-89(3)37-47-15-9-7-10-16-47)49-23-27-51(28-24-49)81-71(101)79-35-53-39-93(87-85-53)31-33-103-34-32-94-40-54(86-88-94)36-80-72(102)82-52-29-25-50(26-30-52)66-64(46-90(4)38-48-17-11-8-12-18-48)96-68(98)58(70(100)105-6-2)44-92(74(96)84-66)42-56-61(77)21-14-22-62(56)78/h7-30,39-40,43-44H,5-6,31-38,41-42,45-46H2,1-4H3,(H2,79,81,101)(H2,80,82,102). The van der Waals surface area contributed by atoms with Crippen molar-refractivity contribution in [3.05, 3.63) is 271 Å². The van der Waals surface area contributed by atoms with Crippen molar-refractivity contribution in [2.45, 2.75) is 79.3 Å². The lowest BCUT2D eigenvalue weighted by atomic mass is 10.1. The van der Waals surface area contributed by atoms with Gasteiger partial charge in [0.2, 0.25) is 11.6 Å². The molecule has 4 amide bonds. The molecule has 27 nitrogen and oxygen atoms in total. The number of hydrogen-bond acceptors (Lipinski definition) is 17. The van der Waals surface area contributed by atoms with Crippen LogP contribution in [-0.4, -0.2) is 132 Å². The van der Waals surface area contributed by atoms with Gasteiger partial charge in [-0.05, 0) is 87.6 Å². The summed E-state index contributed by atoms with van der Waals surface area (Å²) in [4.78, 5) is 95.5. The van der Waals surface area contributed by atoms with Crippen LogP contribution < -0.4 is 32.4 Å². The third kappa shape index (κ3) is 17.4. The number of carbonyl (C=O) groups is 4. The first-order valence-electron chi connectivity index (χ1n) is 33.5. The van der Waals surface area contributed by atoms with Crippen LogP contribution in [0.3, 0.4) is 0 Å². The first kappa shape index (κ1) is 72.3. The Bertz CT molecular complexity index is 4880. The molecule has 0 aliphatic heterocycles. The Hall–Kier alpha value is -12.5. The molecule has 6 aromatic carbocycles. The number of anilines is 2. The molecular weight excluding hydrogens is 1360 g/mol. The summed E-state index contributed by atoms with van der Waals surface area (Å²) in [5.74, 6) is -5.07. The van der Waals surface area contributed by atoms with E-state index in [1.165, 1.54) is 42.5 Å². The van der Waals surface area contributed by atoms with Crippen molar-refractivity contribution in [2.24, 2.45) is 0 Å². The number of halogens is 4. The number of rotatable bonds is 30. The minimum Gasteiger partial charge on any atom is -0.462 e. The number of amides is 4. The van der Waals surface area contributed by atoms with E-state index in [9.17, 15) is 28.8 Å². The van der Waals surface area contributed by atoms with Crippen molar-refractivity contribution in [1.82, 2.24) is 78.3 Å². The van der Waals surface area contributed by atoms with Crippen LogP contribution in [0.15, 0.2) is 180 Å². The van der Waals surface area contributed by atoms with Crippen LogP contribution in [-0.2, 0) is 79.7 Å². The maximum Gasteiger partial charge on any atom is 0.345 e. The van der Waals surface area contributed by atoms with Gasteiger partial charge in [-0.25, -0.2) is 64.9 Å². The average Bonchev–Trinajstić information content (AvgIpc) is 1.61. The van der Waals surface area contributed by atoms with Crippen LogP contribution in [0.4, 0.5) is 38.5 Å². The Kier molecular flexibility index (Phi) is 22.8. The van der Waals surface area contributed by atoms with E-state index in [2.05, 4.69) is 41.9 Å². The molecule has 540 valence electrons. The first-order valence-corrected chi connectivity index (χ1v) is 33.5. The molecule has 0 spiro atoms. The highest BCUT2D eigenvalue weighted by molar-refractivity contribution is 5.91. The summed E-state index contributed by atoms with van der Waals surface area (Å²) >= 11 is 0. The molecular formula is C74H72F4N18O9. The average molecular weight is 1430 g/mol. The van der Waals surface area contributed by atoms with Gasteiger partial charge in [0.05, 0.1) is 101 Å². The van der Waals surface area contributed by atoms with Crippen molar-refractivity contribution in [3.8, 4) is 22.5 Å². The zero-order chi connectivity index (χ0) is 73.7. The molecule has 0 unspecified atom stereocenters. The van der Waals surface area contributed by atoms with Gasteiger partial charge in [-0.2, -0.15) is 0 Å². The fourth-order valence-corrected chi connectivity index (χ4v) is 11.9. The lowest BCUT2D eigenvalue weighted by Crippen LogP contribution is -2.29. The van der Waals surface area contributed by atoms with Gasteiger partial charge >= 0.3 is 24.0 Å². The van der Waals surface area contributed by atoms with Crippen LogP contribution in [0, 0.1) is 23.3 Å². The summed E-state index contributed by atoms with van der Waals surface area (Å²) in [6, 6.07) is 38.6.